The third-order valence-electron chi connectivity index (χ3n) is 4.59. The molecule has 0 radical (unpaired) electrons. The Balaban J connectivity index is 1.70. The van der Waals surface area contributed by atoms with Gasteiger partial charge in [0.1, 0.15) is 10.7 Å². The van der Waals surface area contributed by atoms with Crippen molar-refractivity contribution in [2.75, 3.05) is 0 Å². The summed E-state index contributed by atoms with van der Waals surface area (Å²) in [5.41, 5.74) is 1.46. The van der Waals surface area contributed by atoms with E-state index >= 15 is 0 Å². The van der Waals surface area contributed by atoms with Crippen molar-refractivity contribution in [3.63, 3.8) is 0 Å². The molecule has 2 aromatic heterocycles. The number of nitrogens with one attached hydrogen (secondary N) is 2. The Hall–Kier alpha value is -3.00. The molecule has 0 saturated heterocycles. The topological polar surface area (TPSA) is 112 Å². The van der Waals surface area contributed by atoms with Gasteiger partial charge >= 0.3 is 5.97 Å². The number of aromatic amines is 1. The summed E-state index contributed by atoms with van der Waals surface area (Å²) in [6.45, 7) is 3.84. The molecule has 0 aliphatic heterocycles. The van der Waals surface area contributed by atoms with Crippen LogP contribution in [0.3, 0.4) is 0 Å². The van der Waals surface area contributed by atoms with Gasteiger partial charge in [-0.1, -0.05) is 30.3 Å². The maximum Gasteiger partial charge on any atom is 0.305 e. The summed E-state index contributed by atoms with van der Waals surface area (Å²) >= 11 is 1.46. The van der Waals surface area contributed by atoms with E-state index in [0.717, 1.165) is 16.0 Å². The molecule has 1 amide bonds. The number of thiophene rings is 1. The minimum absolute atomic E-state index is 0.0980. The van der Waals surface area contributed by atoms with Crippen molar-refractivity contribution in [2.45, 2.75) is 39.2 Å². The normalized spacial score (nSPS) is 12.1. The van der Waals surface area contributed by atoms with E-state index in [1.165, 1.54) is 11.3 Å². The van der Waals surface area contributed by atoms with Gasteiger partial charge in [0.25, 0.3) is 5.56 Å². The highest BCUT2D eigenvalue weighted by Crippen LogP contribution is 2.25. The molecule has 3 aromatic rings. The number of nitrogens with zero attached hydrogens (tertiary/aromatic N) is 1. The lowest BCUT2D eigenvalue weighted by Crippen LogP contribution is -2.30. The maximum atomic E-state index is 12.4. The van der Waals surface area contributed by atoms with Crippen molar-refractivity contribution in [1.29, 1.82) is 0 Å². The number of aromatic nitrogens is 2. The summed E-state index contributed by atoms with van der Waals surface area (Å²) in [6, 6.07) is 8.37. The number of aryl methyl sites for hydroxylation is 3. The van der Waals surface area contributed by atoms with Crippen molar-refractivity contribution in [1.82, 2.24) is 15.3 Å². The fourth-order valence-electron chi connectivity index (χ4n) is 3.03. The number of amides is 1. The zero-order chi connectivity index (χ0) is 20.3. The second-order valence-corrected chi connectivity index (χ2v) is 7.81. The number of rotatable bonds is 7. The van der Waals surface area contributed by atoms with Crippen LogP contribution < -0.4 is 10.9 Å². The third-order valence-corrected chi connectivity index (χ3v) is 5.69. The Morgan fingerprint density at radius 3 is 2.64 bits per heavy atom. The van der Waals surface area contributed by atoms with Crippen molar-refractivity contribution < 1.29 is 14.7 Å². The van der Waals surface area contributed by atoms with Crippen LogP contribution in [0.2, 0.25) is 0 Å². The molecule has 1 atom stereocenters. The van der Waals surface area contributed by atoms with E-state index in [9.17, 15) is 14.4 Å². The third kappa shape index (κ3) is 4.45. The monoisotopic (exact) mass is 399 g/mol. The van der Waals surface area contributed by atoms with E-state index in [4.69, 9.17) is 5.11 Å². The number of hydrogen-bond acceptors (Lipinski definition) is 5. The van der Waals surface area contributed by atoms with Crippen LogP contribution in [0.4, 0.5) is 0 Å². The lowest BCUT2D eigenvalue weighted by molar-refractivity contribution is -0.137. The van der Waals surface area contributed by atoms with E-state index in [1.54, 1.807) is 24.3 Å². The predicted molar refractivity (Wildman–Crippen MR) is 108 cm³/mol. The van der Waals surface area contributed by atoms with Gasteiger partial charge in [-0.25, -0.2) is 4.98 Å². The molecule has 0 spiro atoms. The first-order chi connectivity index (χ1) is 13.3. The number of carbonyl (C=O) groups is 2. The molecule has 0 fully saturated rings. The summed E-state index contributed by atoms with van der Waals surface area (Å²) < 4.78 is 0. The average molecular weight is 399 g/mol. The number of carboxylic acids is 1. The molecule has 0 aliphatic rings. The molecule has 0 aliphatic carbocycles. The molecule has 28 heavy (non-hydrogen) atoms. The summed E-state index contributed by atoms with van der Waals surface area (Å²) in [7, 11) is 0. The summed E-state index contributed by atoms with van der Waals surface area (Å²) in [4.78, 5) is 44.7. The Morgan fingerprint density at radius 2 is 1.96 bits per heavy atom. The Bertz CT molecular complexity index is 1070. The molecule has 3 rings (SSSR count). The zero-order valence-corrected chi connectivity index (χ0v) is 16.4. The smallest absolute Gasteiger partial charge is 0.305 e. The van der Waals surface area contributed by atoms with Gasteiger partial charge in [0, 0.05) is 17.7 Å². The SMILES string of the molecule is Cc1sc2nc(CCC(=O)NC(CC(=O)O)c3ccccc3)[nH]c(=O)c2c1C. The van der Waals surface area contributed by atoms with Crippen molar-refractivity contribution in [2.24, 2.45) is 0 Å². The summed E-state index contributed by atoms with van der Waals surface area (Å²) in [6.07, 6.45) is 0.160. The summed E-state index contributed by atoms with van der Waals surface area (Å²) in [5.74, 6) is -0.839. The van der Waals surface area contributed by atoms with Gasteiger partial charge in [0.15, 0.2) is 0 Å². The number of carboxylic acid groups (broad SMARTS) is 1. The first-order valence-electron chi connectivity index (χ1n) is 8.90. The van der Waals surface area contributed by atoms with Crippen LogP contribution >= 0.6 is 11.3 Å². The van der Waals surface area contributed by atoms with Crippen LogP contribution in [0.5, 0.6) is 0 Å². The standard InChI is InChI=1S/C20H21N3O4S/c1-11-12(2)28-20-18(11)19(27)22-15(23-20)8-9-16(24)21-14(10-17(25)26)13-6-4-3-5-7-13/h3-7,14H,8-10H2,1-2H3,(H,21,24)(H,25,26)(H,22,23,27). The van der Waals surface area contributed by atoms with Gasteiger partial charge in [0.2, 0.25) is 5.91 Å². The van der Waals surface area contributed by atoms with Gasteiger partial charge in [-0.15, -0.1) is 11.3 Å². The number of fused-ring (bicyclic) bond motifs is 1. The highest BCUT2D eigenvalue weighted by atomic mass is 32.1. The van der Waals surface area contributed by atoms with E-state index in [-0.39, 0.29) is 30.7 Å². The number of aliphatic carboxylic acids is 1. The number of hydrogen-bond donors (Lipinski definition) is 3. The Labute approximate surface area is 165 Å². The molecular formula is C20H21N3O4S. The Morgan fingerprint density at radius 1 is 1.25 bits per heavy atom. The van der Waals surface area contributed by atoms with E-state index in [2.05, 4.69) is 15.3 Å². The van der Waals surface area contributed by atoms with Crippen LogP contribution in [-0.2, 0) is 16.0 Å². The molecule has 1 unspecified atom stereocenters. The lowest BCUT2D eigenvalue weighted by atomic mass is 10.0. The van der Waals surface area contributed by atoms with Crippen LogP contribution in [0.1, 0.15) is 40.7 Å². The maximum absolute atomic E-state index is 12.4. The number of carbonyl (C=O) groups excluding carboxylic acids is 1. The second-order valence-electron chi connectivity index (χ2n) is 6.60. The molecule has 7 nitrogen and oxygen atoms in total. The van der Waals surface area contributed by atoms with Crippen LogP contribution in [0, 0.1) is 13.8 Å². The number of benzene rings is 1. The summed E-state index contributed by atoms with van der Waals surface area (Å²) in [5, 5.41) is 12.5. The molecule has 8 heteroatoms. The molecule has 0 bridgehead atoms. The van der Waals surface area contributed by atoms with E-state index in [1.807, 2.05) is 19.9 Å². The zero-order valence-electron chi connectivity index (χ0n) is 15.6. The van der Waals surface area contributed by atoms with Crippen LogP contribution in [0.15, 0.2) is 35.1 Å². The molecule has 2 heterocycles. The van der Waals surface area contributed by atoms with Gasteiger partial charge < -0.3 is 15.4 Å². The van der Waals surface area contributed by atoms with Crippen LogP contribution in [0.25, 0.3) is 10.2 Å². The minimum Gasteiger partial charge on any atom is -0.481 e. The van der Waals surface area contributed by atoms with E-state index in [0.29, 0.717) is 16.0 Å². The fraction of sp³-hybridized carbons (Fsp3) is 0.300. The minimum atomic E-state index is -0.992. The van der Waals surface area contributed by atoms with Crippen molar-refractivity contribution in [3.05, 3.63) is 62.5 Å². The van der Waals surface area contributed by atoms with Crippen LogP contribution in [-0.4, -0.2) is 27.0 Å². The highest BCUT2D eigenvalue weighted by molar-refractivity contribution is 7.18. The second kappa shape index (κ2) is 8.35. The lowest BCUT2D eigenvalue weighted by Gasteiger charge is -2.17. The van der Waals surface area contributed by atoms with Gasteiger partial charge in [0.05, 0.1) is 17.8 Å². The predicted octanol–water partition coefficient (Wildman–Crippen LogP) is 2.87. The van der Waals surface area contributed by atoms with Crippen molar-refractivity contribution in [3.8, 4) is 0 Å². The largest absolute Gasteiger partial charge is 0.481 e. The molecular weight excluding hydrogens is 378 g/mol. The quantitative estimate of drug-likeness (QED) is 0.566. The molecule has 1 aromatic carbocycles. The molecule has 3 N–H and O–H groups in total. The molecule has 0 saturated carbocycles. The number of H-pyrrole nitrogens is 1. The Kier molecular flexibility index (Phi) is 5.89. The first kappa shape index (κ1) is 19.8. The first-order valence-corrected chi connectivity index (χ1v) is 9.71. The van der Waals surface area contributed by atoms with Crippen molar-refractivity contribution >= 4 is 33.4 Å². The average Bonchev–Trinajstić information content (AvgIpc) is 2.94. The van der Waals surface area contributed by atoms with Gasteiger partial charge in [-0.05, 0) is 25.0 Å². The van der Waals surface area contributed by atoms with Gasteiger partial charge in [-0.2, -0.15) is 0 Å². The molecule has 146 valence electrons. The fourth-order valence-corrected chi connectivity index (χ4v) is 4.08. The van der Waals surface area contributed by atoms with Gasteiger partial charge in [-0.3, -0.25) is 14.4 Å². The van der Waals surface area contributed by atoms with E-state index < -0.39 is 12.0 Å². The highest BCUT2D eigenvalue weighted by Gasteiger charge is 2.18.